The van der Waals surface area contributed by atoms with Crippen molar-refractivity contribution in [2.24, 2.45) is 0 Å². The molecule has 0 radical (unpaired) electrons. The zero-order valence-corrected chi connectivity index (χ0v) is 9.69. The minimum atomic E-state index is -0.339. The second kappa shape index (κ2) is 4.53. The summed E-state index contributed by atoms with van der Waals surface area (Å²) in [6.45, 7) is 0.329. The molecule has 0 aliphatic heterocycles. The van der Waals surface area contributed by atoms with Crippen molar-refractivity contribution >= 4 is 10.9 Å². The van der Waals surface area contributed by atoms with Gasteiger partial charge in [-0.3, -0.25) is 0 Å². The number of rotatable bonds is 3. The SMILES string of the molecule is Fc1ccccc1OCc1cc2ccccc2[nH]1. The molecule has 0 fully saturated rings. The predicted octanol–water partition coefficient (Wildman–Crippen LogP) is 3.89. The zero-order chi connectivity index (χ0) is 12.4. The molecule has 0 bridgehead atoms. The van der Waals surface area contributed by atoms with Gasteiger partial charge in [-0.2, -0.15) is 0 Å². The topological polar surface area (TPSA) is 25.0 Å². The highest BCUT2D eigenvalue weighted by Crippen LogP contribution is 2.19. The fourth-order valence-electron chi connectivity index (χ4n) is 1.93. The van der Waals surface area contributed by atoms with Crippen LogP contribution in [0.4, 0.5) is 4.39 Å². The molecule has 3 aromatic rings. The first-order chi connectivity index (χ1) is 8.83. The van der Waals surface area contributed by atoms with Crippen LogP contribution in [-0.4, -0.2) is 4.98 Å². The highest BCUT2D eigenvalue weighted by Gasteiger charge is 2.04. The fraction of sp³-hybridized carbons (Fsp3) is 0.0667. The Morgan fingerprint density at radius 3 is 2.61 bits per heavy atom. The van der Waals surface area contributed by atoms with Gasteiger partial charge in [0.15, 0.2) is 11.6 Å². The van der Waals surface area contributed by atoms with Crippen LogP contribution in [0, 0.1) is 5.82 Å². The molecule has 1 heterocycles. The van der Waals surface area contributed by atoms with E-state index in [4.69, 9.17) is 4.74 Å². The van der Waals surface area contributed by atoms with Crippen molar-refractivity contribution in [2.45, 2.75) is 6.61 Å². The maximum Gasteiger partial charge on any atom is 0.165 e. The van der Waals surface area contributed by atoms with Crippen LogP contribution in [0.5, 0.6) is 5.75 Å². The summed E-state index contributed by atoms with van der Waals surface area (Å²) in [4.78, 5) is 3.24. The Morgan fingerprint density at radius 1 is 1.00 bits per heavy atom. The van der Waals surface area contributed by atoms with Crippen molar-refractivity contribution in [3.8, 4) is 5.75 Å². The number of benzene rings is 2. The molecule has 0 aliphatic carbocycles. The molecular formula is C15H12FNO. The van der Waals surface area contributed by atoms with Crippen molar-refractivity contribution in [3.63, 3.8) is 0 Å². The number of ether oxygens (including phenoxy) is 1. The fourth-order valence-corrected chi connectivity index (χ4v) is 1.93. The van der Waals surface area contributed by atoms with Crippen LogP contribution in [0.15, 0.2) is 54.6 Å². The summed E-state index contributed by atoms with van der Waals surface area (Å²) in [5.74, 6) is -0.0650. The zero-order valence-electron chi connectivity index (χ0n) is 9.69. The summed E-state index contributed by atoms with van der Waals surface area (Å²) in [6.07, 6.45) is 0. The van der Waals surface area contributed by atoms with Gasteiger partial charge < -0.3 is 9.72 Å². The highest BCUT2D eigenvalue weighted by molar-refractivity contribution is 5.80. The maximum atomic E-state index is 13.4. The first-order valence-corrected chi connectivity index (χ1v) is 5.77. The first kappa shape index (κ1) is 10.8. The largest absolute Gasteiger partial charge is 0.484 e. The lowest BCUT2D eigenvalue weighted by molar-refractivity contribution is 0.287. The molecule has 18 heavy (non-hydrogen) atoms. The van der Waals surface area contributed by atoms with Gasteiger partial charge in [0.25, 0.3) is 0 Å². The van der Waals surface area contributed by atoms with Crippen molar-refractivity contribution in [1.29, 1.82) is 0 Å². The van der Waals surface area contributed by atoms with Gasteiger partial charge in [-0.15, -0.1) is 0 Å². The molecule has 1 aromatic heterocycles. The van der Waals surface area contributed by atoms with E-state index < -0.39 is 0 Å². The number of para-hydroxylation sites is 2. The molecule has 0 amide bonds. The van der Waals surface area contributed by atoms with Crippen molar-refractivity contribution in [2.75, 3.05) is 0 Å². The van der Waals surface area contributed by atoms with E-state index in [1.54, 1.807) is 18.2 Å². The molecule has 0 spiro atoms. The standard InChI is InChI=1S/C15H12FNO/c16-13-6-2-4-8-15(13)18-10-12-9-11-5-1-3-7-14(11)17-12/h1-9,17H,10H2. The van der Waals surface area contributed by atoms with Gasteiger partial charge in [0.2, 0.25) is 0 Å². The molecule has 0 unspecified atom stereocenters. The van der Waals surface area contributed by atoms with Gasteiger partial charge in [0.1, 0.15) is 6.61 Å². The van der Waals surface area contributed by atoms with Crippen molar-refractivity contribution in [3.05, 3.63) is 66.1 Å². The van der Waals surface area contributed by atoms with E-state index in [0.29, 0.717) is 6.61 Å². The van der Waals surface area contributed by atoms with Gasteiger partial charge in [-0.1, -0.05) is 30.3 Å². The van der Waals surface area contributed by atoms with E-state index in [1.165, 1.54) is 6.07 Å². The second-order valence-electron chi connectivity index (χ2n) is 4.10. The summed E-state index contributed by atoms with van der Waals surface area (Å²) in [5, 5.41) is 1.13. The molecule has 0 atom stereocenters. The Balaban J connectivity index is 1.79. The monoisotopic (exact) mass is 241 g/mol. The van der Waals surface area contributed by atoms with Crippen LogP contribution in [-0.2, 0) is 6.61 Å². The normalized spacial score (nSPS) is 10.7. The van der Waals surface area contributed by atoms with E-state index in [2.05, 4.69) is 4.98 Å². The van der Waals surface area contributed by atoms with Gasteiger partial charge in [0.05, 0.1) is 5.69 Å². The van der Waals surface area contributed by atoms with Crippen molar-refractivity contribution in [1.82, 2.24) is 4.98 Å². The Kier molecular flexibility index (Phi) is 2.73. The highest BCUT2D eigenvalue weighted by atomic mass is 19.1. The van der Waals surface area contributed by atoms with Crippen LogP contribution in [0.1, 0.15) is 5.69 Å². The quantitative estimate of drug-likeness (QED) is 0.739. The Morgan fingerprint density at radius 2 is 1.78 bits per heavy atom. The summed E-state index contributed by atoms with van der Waals surface area (Å²) in [5.41, 5.74) is 1.99. The number of hydrogen-bond donors (Lipinski definition) is 1. The van der Waals surface area contributed by atoms with Crippen LogP contribution in [0.3, 0.4) is 0 Å². The summed E-state index contributed by atoms with van der Waals surface area (Å²) in [6, 6.07) is 16.4. The number of H-pyrrole nitrogens is 1. The first-order valence-electron chi connectivity index (χ1n) is 5.77. The number of hydrogen-bond acceptors (Lipinski definition) is 1. The third-order valence-electron chi connectivity index (χ3n) is 2.81. The van der Waals surface area contributed by atoms with Crippen LogP contribution >= 0.6 is 0 Å². The molecule has 2 aromatic carbocycles. The van der Waals surface area contributed by atoms with Gasteiger partial charge in [-0.05, 0) is 29.7 Å². The number of nitrogens with one attached hydrogen (secondary N) is 1. The molecular weight excluding hydrogens is 229 g/mol. The molecule has 90 valence electrons. The van der Waals surface area contributed by atoms with Crippen LogP contribution in [0.2, 0.25) is 0 Å². The second-order valence-corrected chi connectivity index (χ2v) is 4.10. The molecule has 3 rings (SSSR count). The third kappa shape index (κ3) is 2.07. The van der Waals surface area contributed by atoms with Crippen LogP contribution in [0.25, 0.3) is 10.9 Å². The molecule has 0 saturated heterocycles. The lowest BCUT2D eigenvalue weighted by Gasteiger charge is -2.05. The average molecular weight is 241 g/mol. The summed E-state index contributed by atoms with van der Waals surface area (Å²) < 4.78 is 18.8. The molecule has 0 saturated carbocycles. The van der Waals surface area contributed by atoms with E-state index in [-0.39, 0.29) is 11.6 Å². The lowest BCUT2D eigenvalue weighted by Crippen LogP contribution is -1.97. The number of aromatic amines is 1. The molecule has 2 nitrogen and oxygen atoms in total. The van der Waals surface area contributed by atoms with Gasteiger partial charge in [-0.25, -0.2) is 4.39 Å². The Bertz CT molecular complexity index is 642. The minimum absolute atomic E-state index is 0.274. The lowest BCUT2D eigenvalue weighted by atomic mass is 10.2. The number of aromatic nitrogens is 1. The van der Waals surface area contributed by atoms with E-state index >= 15 is 0 Å². The minimum Gasteiger partial charge on any atom is -0.484 e. The summed E-state index contributed by atoms with van der Waals surface area (Å²) >= 11 is 0. The van der Waals surface area contributed by atoms with E-state index in [0.717, 1.165) is 16.6 Å². The molecule has 1 N–H and O–H groups in total. The third-order valence-corrected chi connectivity index (χ3v) is 2.81. The molecule has 0 aliphatic rings. The summed E-state index contributed by atoms with van der Waals surface area (Å²) in [7, 11) is 0. The molecule has 3 heteroatoms. The smallest absolute Gasteiger partial charge is 0.165 e. The maximum absolute atomic E-state index is 13.4. The number of halogens is 1. The average Bonchev–Trinajstić information content (AvgIpc) is 2.80. The predicted molar refractivity (Wildman–Crippen MR) is 69.0 cm³/mol. The Labute approximate surface area is 104 Å². The van der Waals surface area contributed by atoms with Gasteiger partial charge >= 0.3 is 0 Å². The van der Waals surface area contributed by atoms with E-state index in [1.807, 2.05) is 30.3 Å². The van der Waals surface area contributed by atoms with Crippen molar-refractivity contribution < 1.29 is 9.13 Å². The number of fused-ring (bicyclic) bond motifs is 1. The Hall–Kier alpha value is -2.29. The van der Waals surface area contributed by atoms with Gasteiger partial charge in [0, 0.05) is 5.52 Å². The van der Waals surface area contributed by atoms with Crippen LogP contribution < -0.4 is 4.74 Å². The van der Waals surface area contributed by atoms with E-state index in [9.17, 15) is 4.39 Å².